The molecule has 8 heavy (non-hydrogen) atoms. The summed E-state index contributed by atoms with van der Waals surface area (Å²) in [5.41, 5.74) is 0. The van der Waals surface area contributed by atoms with Gasteiger partial charge in [0.2, 0.25) is 0 Å². The molecule has 0 rings (SSSR count). The summed E-state index contributed by atoms with van der Waals surface area (Å²) < 4.78 is 0. The molecule has 0 aromatic rings. The molecule has 1 nitrogen and oxygen atoms in total. The first-order valence-corrected chi connectivity index (χ1v) is 3.15. The molecule has 0 amide bonds. The molecule has 0 heterocycles. The summed E-state index contributed by atoms with van der Waals surface area (Å²) in [5, 5.41) is 6.91. The molecule has 1 atom stereocenters. The molecule has 0 bridgehead atoms. The molecule has 1 N–H and O–H groups in total. The van der Waals surface area contributed by atoms with E-state index in [0.717, 1.165) is 19.3 Å². The van der Waals surface area contributed by atoms with Crippen LogP contribution in [0.4, 0.5) is 0 Å². The average molecular weight is 112 g/mol. The zero-order valence-corrected chi connectivity index (χ0v) is 5.48. The van der Waals surface area contributed by atoms with E-state index in [4.69, 9.17) is 5.41 Å². The van der Waals surface area contributed by atoms with Crippen LogP contribution in [0.2, 0.25) is 0 Å². The Morgan fingerprint density at radius 1 is 1.75 bits per heavy atom. The highest BCUT2D eigenvalue weighted by Crippen LogP contribution is 2.05. The van der Waals surface area contributed by atoms with Crippen LogP contribution in [0.5, 0.6) is 0 Å². The van der Waals surface area contributed by atoms with Crippen molar-refractivity contribution in [3.8, 4) is 0 Å². The van der Waals surface area contributed by atoms with Crippen LogP contribution >= 0.6 is 0 Å². The lowest BCUT2D eigenvalue weighted by atomic mass is 10.0. The minimum absolute atomic E-state index is 0.479. The van der Waals surface area contributed by atoms with Crippen molar-refractivity contribution >= 4 is 6.21 Å². The highest BCUT2D eigenvalue weighted by atomic mass is 14.3. The number of hydrogen-bond donors (Lipinski definition) is 1. The molecule has 0 aliphatic rings. The van der Waals surface area contributed by atoms with Crippen molar-refractivity contribution in [2.75, 3.05) is 0 Å². The summed E-state index contributed by atoms with van der Waals surface area (Å²) in [6.07, 6.45) is 4.62. The smallest absolute Gasteiger partial charge is 0.00168 e. The van der Waals surface area contributed by atoms with E-state index in [1.807, 2.05) is 0 Å². The van der Waals surface area contributed by atoms with Crippen LogP contribution < -0.4 is 0 Å². The normalized spacial score (nSPS) is 13.2. The van der Waals surface area contributed by atoms with Gasteiger partial charge in [0.25, 0.3) is 0 Å². The zero-order chi connectivity index (χ0) is 6.41. The van der Waals surface area contributed by atoms with Crippen molar-refractivity contribution in [1.29, 1.82) is 5.41 Å². The third-order valence-corrected chi connectivity index (χ3v) is 1.33. The lowest BCUT2D eigenvalue weighted by molar-refractivity contribution is 0.620. The fourth-order valence-corrected chi connectivity index (χ4v) is 0.667. The maximum atomic E-state index is 6.91. The molecule has 0 aromatic heterocycles. The molecule has 1 heteroatoms. The summed E-state index contributed by atoms with van der Waals surface area (Å²) >= 11 is 0. The molecule has 1 radical (unpaired) electrons. The van der Waals surface area contributed by atoms with E-state index >= 15 is 0 Å². The van der Waals surface area contributed by atoms with Crippen LogP contribution in [0.25, 0.3) is 0 Å². The second-order valence-electron chi connectivity index (χ2n) is 1.98. The summed E-state index contributed by atoms with van der Waals surface area (Å²) in [5.74, 6) is 0.479. The van der Waals surface area contributed by atoms with Gasteiger partial charge in [0.05, 0.1) is 0 Å². The third kappa shape index (κ3) is 2.78. The second kappa shape index (κ2) is 4.82. The predicted octanol–water partition coefficient (Wildman–Crippen LogP) is 2.28. The minimum atomic E-state index is 0.479. The zero-order valence-electron chi connectivity index (χ0n) is 5.48. The fourth-order valence-electron chi connectivity index (χ4n) is 0.667. The first-order valence-electron chi connectivity index (χ1n) is 3.15. The summed E-state index contributed by atoms with van der Waals surface area (Å²) in [4.78, 5) is 0. The van der Waals surface area contributed by atoms with Gasteiger partial charge in [0, 0.05) is 0 Å². The third-order valence-electron chi connectivity index (χ3n) is 1.33. The summed E-state index contributed by atoms with van der Waals surface area (Å²) in [6, 6.07) is 0. The Kier molecular flexibility index (Phi) is 4.62. The summed E-state index contributed by atoms with van der Waals surface area (Å²) in [7, 11) is 0. The van der Waals surface area contributed by atoms with Crippen LogP contribution in [-0.4, -0.2) is 6.21 Å². The van der Waals surface area contributed by atoms with Crippen molar-refractivity contribution in [2.45, 2.75) is 26.2 Å². The maximum Gasteiger partial charge on any atom is -0.00168 e. The van der Waals surface area contributed by atoms with Crippen molar-refractivity contribution in [3.63, 3.8) is 0 Å². The Balaban J connectivity index is 3.21. The molecule has 0 aliphatic carbocycles. The van der Waals surface area contributed by atoms with E-state index in [9.17, 15) is 0 Å². The molecule has 47 valence electrons. The van der Waals surface area contributed by atoms with E-state index in [-0.39, 0.29) is 0 Å². The van der Waals surface area contributed by atoms with E-state index in [0.29, 0.717) is 5.92 Å². The Bertz CT molecular complexity index is 59.4. The monoisotopic (exact) mass is 112 g/mol. The lowest BCUT2D eigenvalue weighted by Crippen LogP contribution is -1.97. The van der Waals surface area contributed by atoms with Gasteiger partial charge in [0.1, 0.15) is 0 Å². The van der Waals surface area contributed by atoms with Crippen molar-refractivity contribution in [2.24, 2.45) is 5.92 Å². The molecule has 0 saturated heterocycles. The number of hydrogen-bond acceptors (Lipinski definition) is 1. The largest absolute Gasteiger partial charge is 0.313 e. The Hall–Kier alpha value is -0.330. The standard InChI is InChI=1S/C7H14N/c1-3-5-7(4-2)6-8/h6-8H,1,3-5H2,2H3/t7-/m0/s1. The van der Waals surface area contributed by atoms with Gasteiger partial charge < -0.3 is 5.41 Å². The Labute approximate surface area is 51.6 Å². The van der Waals surface area contributed by atoms with E-state index in [1.165, 1.54) is 6.21 Å². The number of nitrogens with one attached hydrogen (secondary N) is 1. The minimum Gasteiger partial charge on any atom is -0.313 e. The molecule has 0 saturated carbocycles. The first kappa shape index (κ1) is 7.67. The van der Waals surface area contributed by atoms with Gasteiger partial charge >= 0.3 is 0 Å². The van der Waals surface area contributed by atoms with Crippen LogP contribution in [-0.2, 0) is 0 Å². The molecule has 0 aliphatic heterocycles. The highest BCUT2D eigenvalue weighted by molar-refractivity contribution is 5.56. The lowest BCUT2D eigenvalue weighted by Gasteiger charge is -2.03. The molecular formula is C7H14N. The Morgan fingerprint density at radius 3 is 2.50 bits per heavy atom. The van der Waals surface area contributed by atoms with Gasteiger partial charge in [-0.2, -0.15) is 0 Å². The van der Waals surface area contributed by atoms with Crippen LogP contribution in [0, 0.1) is 18.3 Å². The van der Waals surface area contributed by atoms with E-state index < -0.39 is 0 Å². The molecular weight excluding hydrogens is 98.1 g/mol. The van der Waals surface area contributed by atoms with E-state index in [1.54, 1.807) is 0 Å². The van der Waals surface area contributed by atoms with Crippen molar-refractivity contribution < 1.29 is 0 Å². The van der Waals surface area contributed by atoms with Gasteiger partial charge in [0.15, 0.2) is 0 Å². The topological polar surface area (TPSA) is 23.9 Å². The molecule has 0 unspecified atom stereocenters. The average Bonchev–Trinajstić information content (AvgIpc) is 1.83. The van der Waals surface area contributed by atoms with Gasteiger partial charge in [-0.25, -0.2) is 0 Å². The van der Waals surface area contributed by atoms with Gasteiger partial charge in [-0.3, -0.25) is 0 Å². The van der Waals surface area contributed by atoms with E-state index in [2.05, 4.69) is 13.8 Å². The SMILES string of the molecule is [CH2]CC[C@@H](C=N)CC. The first-order chi connectivity index (χ1) is 3.85. The molecule has 0 spiro atoms. The fraction of sp³-hybridized carbons (Fsp3) is 0.714. The van der Waals surface area contributed by atoms with Gasteiger partial charge in [-0.05, 0) is 25.0 Å². The van der Waals surface area contributed by atoms with Crippen molar-refractivity contribution in [3.05, 3.63) is 6.92 Å². The van der Waals surface area contributed by atoms with Gasteiger partial charge in [-0.15, -0.1) is 0 Å². The number of rotatable bonds is 4. The van der Waals surface area contributed by atoms with Crippen LogP contribution in [0.1, 0.15) is 26.2 Å². The molecule has 0 fully saturated rings. The predicted molar refractivity (Wildman–Crippen MR) is 37.2 cm³/mol. The maximum absolute atomic E-state index is 6.91. The van der Waals surface area contributed by atoms with Crippen molar-refractivity contribution in [1.82, 2.24) is 0 Å². The Morgan fingerprint density at radius 2 is 2.38 bits per heavy atom. The second-order valence-corrected chi connectivity index (χ2v) is 1.98. The quantitative estimate of drug-likeness (QED) is 0.539. The molecule has 0 aromatic carbocycles. The van der Waals surface area contributed by atoms with Crippen LogP contribution in [0.3, 0.4) is 0 Å². The van der Waals surface area contributed by atoms with Gasteiger partial charge in [-0.1, -0.05) is 20.3 Å². The summed E-state index contributed by atoms with van der Waals surface area (Å²) in [6.45, 7) is 5.82. The van der Waals surface area contributed by atoms with Crippen LogP contribution in [0.15, 0.2) is 0 Å². The highest BCUT2D eigenvalue weighted by Gasteiger charge is 1.97.